The molecular formula is C15H22KO3+. The van der Waals surface area contributed by atoms with Gasteiger partial charge in [0.1, 0.15) is 11.3 Å². The number of carboxylic acid groups (broad SMARTS) is 1. The van der Waals surface area contributed by atoms with Crippen LogP contribution < -0.4 is 51.4 Å². The molecule has 3 nitrogen and oxygen atoms in total. The van der Waals surface area contributed by atoms with E-state index in [1.165, 1.54) is 0 Å². The normalized spacial score (nSPS) is 11.9. The third kappa shape index (κ3) is 4.57. The molecule has 0 fully saturated rings. The van der Waals surface area contributed by atoms with Crippen molar-refractivity contribution in [3.05, 3.63) is 28.8 Å². The molecule has 4 heteroatoms. The summed E-state index contributed by atoms with van der Waals surface area (Å²) < 4.78 is 0. The van der Waals surface area contributed by atoms with Crippen molar-refractivity contribution in [3.8, 4) is 5.75 Å². The maximum atomic E-state index is 11.2. The van der Waals surface area contributed by atoms with Gasteiger partial charge in [-0.1, -0.05) is 47.6 Å². The SMILES string of the molecule is CC(C)(C)c1cc(C(=O)O)c(O)c(C(C)(C)C)c1.[K+]. The van der Waals surface area contributed by atoms with Crippen LogP contribution in [0.15, 0.2) is 12.1 Å². The Morgan fingerprint density at radius 1 is 1.00 bits per heavy atom. The number of rotatable bonds is 1. The Kier molecular flexibility index (Phi) is 6.31. The third-order valence-electron chi connectivity index (χ3n) is 3.01. The zero-order chi connectivity index (χ0) is 14.3. The Hall–Kier alpha value is 0.126. The molecule has 100 valence electrons. The van der Waals surface area contributed by atoms with Gasteiger partial charge in [0.25, 0.3) is 0 Å². The van der Waals surface area contributed by atoms with Crippen molar-refractivity contribution in [2.75, 3.05) is 0 Å². The van der Waals surface area contributed by atoms with E-state index in [1.807, 2.05) is 47.6 Å². The molecular weight excluding hydrogens is 267 g/mol. The summed E-state index contributed by atoms with van der Waals surface area (Å²) in [6, 6.07) is 3.47. The second kappa shape index (κ2) is 6.27. The predicted octanol–water partition coefficient (Wildman–Crippen LogP) is 0.689. The zero-order valence-electron chi connectivity index (χ0n) is 13.0. The fourth-order valence-corrected chi connectivity index (χ4v) is 1.80. The summed E-state index contributed by atoms with van der Waals surface area (Å²) in [4.78, 5) is 11.2. The second-order valence-electron chi connectivity index (χ2n) is 6.73. The number of carbonyl (C=O) groups is 1. The van der Waals surface area contributed by atoms with Crippen LogP contribution in [0.3, 0.4) is 0 Å². The summed E-state index contributed by atoms with van der Waals surface area (Å²) in [7, 11) is 0. The van der Waals surface area contributed by atoms with E-state index in [2.05, 4.69) is 0 Å². The quantitative estimate of drug-likeness (QED) is 0.748. The molecule has 0 saturated heterocycles. The van der Waals surface area contributed by atoms with Gasteiger partial charge in [-0.25, -0.2) is 4.79 Å². The summed E-state index contributed by atoms with van der Waals surface area (Å²) in [5.41, 5.74) is 1.12. The Morgan fingerprint density at radius 2 is 1.47 bits per heavy atom. The molecule has 1 aromatic carbocycles. The van der Waals surface area contributed by atoms with E-state index in [0.29, 0.717) is 5.56 Å². The van der Waals surface area contributed by atoms with Gasteiger partial charge >= 0.3 is 57.4 Å². The van der Waals surface area contributed by atoms with Crippen LogP contribution >= 0.6 is 0 Å². The minimum absolute atomic E-state index is 0. The number of hydrogen-bond acceptors (Lipinski definition) is 2. The van der Waals surface area contributed by atoms with Crippen LogP contribution in [-0.4, -0.2) is 16.2 Å². The van der Waals surface area contributed by atoms with Gasteiger partial charge in [-0.2, -0.15) is 0 Å². The number of aromatic hydroxyl groups is 1. The standard InChI is InChI=1S/C15H22O3.K/c1-14(2,3)9-7-10(13(17)18)12(16)11(8-9)15(4,5)6;/h7-8,16H,1-6H3,(H,17,18);/q;+1. The first kappa shape index (κ1) is 19.1. The minimum atomic E-state index is -1.09. The van der Waals surface area contributed by atoms with Gasteiger partial charge < -0.3 is 10.2 Å². The van der Waals surface area contributed by atoms with Crippen molar-refractivity contribution in [1.29, 1.82) is 0 Å². The molecule has 0 saturated carbocycles. The van der Waals surface area contributed by atoms with E-state index in [0.717, 1.165) is 5.56 Å². The molecule has 1 rings (SSSR count). The van der Waals surface area contributed by atoms with Crippen LogP contribution in [0.5, 0.6) is 5.75 Å². The molecule has 0 spiro atoms. The first-order valence-corrected chi connectivity index (χ1v) is 6.06. The molecule has 0 radical (unpaired) electrons. The van der Waals surface area contributed by atoms with Crippen LogP contribution in [0.1, 0.15) is 63.0 Å². The first-order chi connectivity index (χ1) is 7.94. The van der Waals surface area contributed by atoms with Crippen molar-refractivity contribution >= 4 is 5.97 Å². The molecule has 0 unspecified atom stereocenters. The smallest absolute Gasteiger partial charge is 0.507 e. The first-order valence-electron chi connectivity index (χ1n) is 6.06. The van der Waals surface area contributed by atoms with Crippen molar-refractivity contribution < 1.29 is 66.4 Å². The molecule has 2 N–H and O–H groups in total. The van der Waals surface area contributed by atoms with E-state index in [1.54, 1.807) is 6.07 Å². The average molecular weight is 289 g/mol. The van der Waals surface area contributed by atoms with Crippen LogP contribution in [0, 0.1) is 0 Å². The van der Waals surface area contributed by atoms with E-state index < -0.39 is 5.97 Å². The molecule has 1 aromatic rings. The fraction of sp³-hybridized carbons (Fsp3) is 0.533. The summed E-state index contributed by atoms with van der Waals surface area (Å²) in [6.07, 6.45) is 0. The summed E-state index contributed by atoms with van der Waals surface area (Å²) in [5, 5.41) is 19.3. The number of phenols is 1. The minimum Gasteiger partial charge on any atom is -0.507 e. The van der Waals surface area contributed by atoms with Gasteiger partial charge in [-0.15, -0.1) is 0 Å². The molecule has 0 aliphatic heterocycles. The van der Waals surface area contributed by atoms with Crippen molar-refractivity contribution in [3.63, 3.8) is 0 Å². The van der Waals surface area contributed by atoms with E-state index in [9.17, 15) is 15.0 Å². The van der Waals surface area contributed by atoms with E-state index in [-0.39, 0.29) is 73.5 Å². The second-order valence-corrected chi connectivity index (χ2v) is 6.73. The van der Waals surface area contributed by atoms with Gasteiger partial charge in [-0.3, -0.25) is 0 Å². The van der Waals surface area contributed by atoms with E-state index >= 15 is 0 Å². The van der Waals surface area contributed by atoms with Gasteiger partial charge in [0.2, 0.25) is 0 Å². The number of hydrogen-bond donors (Lipinski definition) is 2. The van der Waals surface area contributed by atoms with Crippen LogP contribution in [0.4, 0.5) is 0 Å². The largest absolute Gasteiger partial charge is 1.00 e. The van der Waals surface area contributed by atoms with Crippen molar-refractivity contribution in [2.45, 2.75) is 52.4 Å². The van der Waals surface area contributed by atoms with Crippen molar-refractivity contribution in [1.82, 2.24) is 0 Å². The summed E-state index contributed by atoms with van der Waals surface area (Å²) >= 11 is 0. The zero-order valence-corrected chi connectivity index (χ0v) is 16.1. The number of carboxylic acids is 1. The molecule has 0 aliphatic carbocycles. The molecule has 19 heavy (non-hydrogen) atoms. The van der Waals surface area contributed by atoms with Crippen LogP contribution in [0.2, 0.25) is 0 Å². The van der Waals surface area contributed by atoms with E-state index in [4.69, 9.17) is 0 Å². The Labute approximate surface area is 157 Å². The Morgan fingerprint density at radius 3 is 1.79 bits per heavy atom. The van der Waals surface area contributed by atoms with Gasteiger partial charge in [0, 0.05) is 5.56 Å². The third-order valence-corrected chi connectivity index (χ3v) is 3.01. The maximum Gasteiger partial charge on any atom is 1.00 e. The number of aromatic carboxylic acids is 1. The Bertz CT molecular complexity index is 479. The summed E-state index contributed by atoms with van der Waals surface area (Å²) in [6.45, 7) is 12.0. The average Bonchev–Trinajstić information content (AvgIpc) is 2.13. The molecule has 0 bridgehead atoms. The Balaban J connectivity index is 0.00000324. The summed E-state index contributed by atoms with van der Waals surface area (Å²) in [5.74, 6) is -1.22. The predicted molar refractivity (Wildman–Crippen MR) is 72.5 cm³/mol. The molecule has 0 atom stereocenters. The monoisotopic (exact) mass is 289 g/mol. The van der Waals surface area contributed by atoms with Gasteiger partial charge in [0.05, 0.1) is 0 Å². The fourth-order valence-electron chi connectivity index (χ4n) is 1.80. The number of benzene rings is 1. The van der Waals surface area contributed by atoms with Gasteiger partial charge in [-0.05, 0) is 22.5 Å². The molecule has 0 aromatic heterocycles. The topological polar surface area (TPSA) is 57.5 Å². The van der Waals surface area contributed by atoms with Gasteiger partial charge in [0.15, 0.2) is 0 Å². The molecule has 0 amide bonds. The maximum absolute atomic E-state index is 11.2. The molecule has 0 heterocycles. The van der Waals surface area contributed by atoms with Crippen LogP contribution in [0.25, 0.3) is 0 Å². The van der Waals surface area contributed by atoms with Crippen molar-refractivity contribution in [2.24, 2.45) is 0 Å². The molecule has 0 aliphatic rings. The van der Waals surface area contributed by atoms with Crippen LogP contribution in [-0.2, 0) is 10.8 Å².